The average molecular weight is 478 g/mol. The van der Waals surface area contributed by atoms with Gasteiger partial charge in [0, 0.05) is 42.7 Å². The predicted octanol–water partition coefficient (Wildman–Crippen LogP) is 6.10. The van der Waals surface area contributed by atoms with Crippen molar-refractivity contribution in [3.05, 3.63) is 77.9 Å². The molecule has 0 aromatic heterocycles. The lowest BCUT2D eigenvalue weighted by Gasteiger charge is -2.48. The molecule has 0 radical (unpaired) electrons. The van der Waals surface area contributed by atoms with Crippen LogP contribution in [0.5, 0.6) is 0 Å². The van der Waals surface area contributed by atoms with Crippen molar-refractivity contribution in [3.8, 4) is 0 Å². The Bertz CT molecular complexity index is 1130. The van der Waals surface area contributed by atoms with E-state index in [9.17, 15) is 9.18 Å². The molecule has 1 amide bonds. The zero-order chi connectivity index (χ0) is 26.0. The molecule has 1 aromatic carbocycles. The number of amides is 1. The van der Waals surface area contributed by atoms with Gasteiger partial charge in [0.1, 0.15) is 5.82 Å². The lowest BCUT2D eigenvalue weighted by molar-refractivity contribution is -0.153. The van der Waals surface area contributed by atoms with E-state index in [4.69, 9.17) is 11.1 Å². The Kier molecular flexibility index (Phi) is 7.58. The van der Waals surface area contributed by atoms with E-state index in [0.717, 1.165) is 24.0 Å². The number of benzene rings is 1. The van der Waals surface area contributed by atoms with Gasteiger partial charge in [0.05, 0.1) is 11.1 Å². The van der Waals surface area contributed by atoms with Crippen molar-refractivity contribution in [2.75, 3.05) is 13.1 Å². The highest BCUT2D eigenvalue weighted by Gasteiger charge is 2.58. The molecule has 3 N–H and O–H groups in total. The minimum absolute atomic E-state index is 0.0133. The summed E-state index contributed by atoms with van der Waals surface area (Å²) in [6, 6.07) is 6.42. The van der Waals surface area contributed by atoms with Crippen molar-refractivity contribution in [1.82, 2.24) is 4.90 Å². The van der Waals surface area contributed by atoms with Crippen molar-refractivity contribution in [2.45, 2.75) is 40.5 Å². The third-order valence-electron chi connectivity index (χ3n) is 8.15. The number of allylic oxidation sites excluding steroid dienone is 3. The highest BCUT2D eigenvalue weighted by molar-refractivity contribution is 5.85. The first-order valence-corrected chi connectivity index (χ1v) is 11.9. The lowest BCUT2D eigenvalue weighted by atomic mass is 9.63. The molecule has 2 fully saturated rings. The molecule has 35 heavy (non-hydrogen) atoms. The molecule has 6 nitrogen and oxygen atoms in total. The van der Waals surface area contributed by atoms with Crippen LogP contribution in [0.25, 0.3) is 5.70 Å². The molecule has 1 saturated heterocycles. The number of halogens is 1. The van der Waals surface area contributed by atoms with Gasteiger partial charge in [0.15, 0.2) is 0 Å². The van der Waals surface area contributed by atoms with Crippen molar-refractivity contribution in [3.63, 3.8) is 0 Å². The number of nitrogens with zero attached hydrogens (tertiary/aromatic N) is 3. The fraction of sp³-hybridized carbons (Fsp3) is 0.429. The lowest BCUT2D eigenvalue weighted by Crippen LogP contribution is -2.58. The van der Waals surface area contributed by atoms with Gasteiger partial charge in [-0.15, -0.1) is 0 Å². The second-order valence-electron chi connectivity index (χ2n) is 10.3. The van der Waals surface area contributed by atoms with E-state index in [0.29, 0.717) is 30.0 Å². The Hall–Kier alpha value is -3.35. The minimum Gasteiger partial charge on any atom is -0.401 e. The Morgan fingerprint density at radius 1 is 1.29 bits per heavy atom. The summed E-state index contributed by atoms with van der Waals surface area (Å²) in [5.41, 5.74) is 8.14. The van der Waals surface area contributed by atoms with Crippen molar-refractivity contribution < 1.29 is 9.18 Å². The largest absolute Gasteiger partial charge is 0.401 e. The molecule has 1 aliphatic carbocycles. The predicted molar refractivity (Wildman–Crippen MR) is 139 cm³/mol. The van der Waals surface area contributed by atoms with E-state index < -0.39 is 5.41 Å². The monoisotopic (exact) mass is 477 g/mol. The Balaban J connectivity index is 1.83. The van der Waals surface area contributed by atoms with Crippen LogP contribution in [0.1, 0.15) is 46.1 Å². The van der Waals surface area contributed by atoms with Crippen LogP contribution in [0.3, 0.4) is 0 Å². The molecule has 3 rings (SSSR count). The smallest absolute Gasteiger partial charge is 0.229 e. The van der Waals surface area contributed by atoms with Gasteiger partial charge >= 0.3 is 0 Å². The first-order valence-electron chi connectivity index (χ1n) is 11.9. The number of carbonyl (C=O) groups is 1. The van der Waals surface area contributed by atoms with Crippen LogP contribution < -0.4 is 5.73 Å². The van der Waals surface area contributed by atoms with Gasteiger partial charge in [-0.25, -0.2) is 4.39 Å². The van der Waals surface area contributed by atoms with Crippen LogP contribution in [0.15, 0.2) is 76.8 Å². The second kappa shape index (κ2) is 10.1. The van der Waals surface area contributed by atoms with Gasteiger partial charge in [-0.1, -0.05) is 46.1 Å². The van der Waals surface area contributed by atoms with Crippen molar-refractivity contribution in [2.24, 2.45) is 38.6 Å². The maximum atomic E-state index is 14.5. The summed E-state index contributed by atoms with van der Waals surface area (Å²) < 4.78 is 14.5. The molecule has 1 aromatic rings. The first-order chi connectivity index (χ1) is 16.5. The fourth-order valence-electron chi connectivity index (χ4n) is 5.34. The number of nitrogens with one attached hydrogen (secondary N) is 1. The zero-order valence-corrected chi connectivity index (χ0v) is 21.1. The van der Waals surface area contributed by atoms with Crippen LogP contribution in [0, 0.1) is 33.9 Å². The molecule has 1 saturated carbocycles. The van der Waals surface area contributed by atoms with Crippen LogP contribution >= 0.6 is 0 Å². The van der Waals surface area contributed by atoms with Gasteiger partial charge in [-0.05, 0) is 60.5 Å². The molecule has 1 heterocycles. The summed E-state index contributed by atoms with van der Waals surface area (Å²) >= 11 is 0. The Morgan fingerprint density at radius 3 is 2.54 bits per heavy atom. The molecular weight excluding hydrogens is 441 g/mol. The minimum atomic E-state index is -0.574. The standard InChI is InChI=1S/C28H36FN5O/c1-7-32-33-24(21-10-8-9-11-23(21)29)14-18(2)22-12-13-28(6,27(22,4)5)26(35)34-16-20(17-34)25(31)19(3)15-30/h7-11,14-15,20,22,30H,1-2,12-13,16-17,31H2,3-6H3/b24-14-,25-19?,30-15?,33-32?/t22-,28?/m0/s1. The van der Waals surface area contributed by atoms with Gasteiger partial charge in [0.25, 0.3) is 0 Å². The van der Waals surface area contributed by atoms with Crippen molar-refractivity contribution in [1.29, 1.82) is 5.41 Å². The third-order valence-corrected chi connectivity index (χ3v) is 8.15. The number of hydrogen-bond acceptors (Lipinski definition) is 5. The summed E-state index contributed by atoms with van der Waals surface area (Å²) in [6.07, 6.45) is 5.86. The van der Waals surface area contributed by atoms with Crippen LogP contribution in [-0.2, 0) is 4.79 Å². The molecular formula is C28H36FN5O. The zero-order valence-electron chi connectivity index (χ0n) is 21.1. The molecule has 7 heteroatoms. The van der Waals surface area contributed by atoms with Gasteiger partial charge < -0.3 is 16.0 Å². The molecule has 2 aliphatic rings. The van der Waals surface area contributed by atoms with E-state index >= 15 is 0 Å². The third kappa shape index (κ3) is 4.77. The van der Waals surface area contributed by atoms with E-state index in [-0.39, 0.29) is 29.0 Å². The second-order valence-corrected chi connectivity index (χ2v) is 10.3. The average Bonchev–Trinajstić information content (AvgIpc) is 3.04. The number of hydrogen-bond donors (Lipinski definition) is 2. The highest BCUT2D eigenvalue weighted by Crippen LogP contribution is 2.59. The van der Waals surface area contributed by atoms with Crippen LogP contribution in [0.2, 0.25) is 0 Å². The summed E-state index contributed by atoms with van der Waals surface area (Å²) in [5, 5.41) is 15.4. The van der Waals surface area contributed by atoms with E-state index in [1.54, 1.807) is 24.3 Å². The van der Waals surface area contributed by atoms with E-state index in [2.05, 4.69) is 37.2 Å². The molecule has 1 aliphatic heterocycles. The molecule has 0 bridgehead atoms. The highest BCUT2D eigenvalue weighted by atomic mass is 19.1. The summed E-state index contributed by atoms with van der Waals surface area (Å²) in [5.74, 6) is -0.154. The van der Waals surface area contributed by atoms with Crippen LogP contribution in [0.4, 0.5) is 4.39 Å². The molecule has 1 unspecified atom stereocenters. The summed E-state index contributed by atoms with van der Waals surface area (Å²) in [4.78, 5) is 15.5. The Labute approximate surface area is 207 Å². The molecule has 0 spiro atoms. The number of carbonyl (C=O) groups excluding carboxylic acids is 1. The van der Waals surface area contributed by atoms with Crippen LogP contribution in [-0.4, -0.2) is 30.1 Å². The van der Waals surface area contributed by atoms with E-state index in [1.165, 1.54) is 18.5 Å². The maximum absolute atomic E-state index is 14.5. The van der Waals surface area contributed by atoms with E-state index in [1.807, 2.05) is 18.7 Å². The van der Waals surface area contributed by atoms with Crippen molar-refractivity contribution >= 4 is 17.8 Å². The van der Waals surface area contributed by atoms with Gasteiger partial charge in [-0.3, -0.25) is 4.79 Å². The number of nitrogens with two attached hydrogens (primary N) is 1. The molecule has 186 valence electrons. The fourth-order valence-corrected chi connectivity index (χ4v) is 5.34. The number of likely N-dealkylation sites (tertiary alicyclic amines) is 1. The maximum Gasteiger partial charge on any atom is 0.229 e. The summed E-state index contributed by atoms with van der Waals surface area (Å²) in [7, 11) is 0. The molecule has 2 atom stereocenters. The first kappa shape index (κ1) is 26.3. The topological polar surface area (TPSA) is 94.9 Å². The van der Waals surface area contributed by atoms with Gasteiger partial charge in [-0.2, -0.15) is 10.2 Å². The quantitative estimate of drug-likeness (QED) is 0.269. The number of rotatable bonds is 8. The normalized spacial score (nSPS) is 25.2. The summed E-state index contributed by atoms with van der Waals surface area (Å²) in [6.45, 7) is 17.1. The SMILES string of the molecule is C=CN=N/C(=C\C(=C)[C@@H]1CCC(C)(C(=O)N2CC(C(N)=C(C)C=N)C2)C1(C)C)c1ccccc1F. The Morgan fingerprint density at radius 2 is 1.94 bits per heavy atom. The number of azo groups is 1. The van der Waals surface area contributed by atoms with Gasteiger partial charge in [0.2, 0.25) is 5.91 Å².